The van der Waals surface area contributed by atoms with Crippen molar-refractivity contribution in [1.29, 1.82) is 0 Å². The van der Waals surface area contributed by atoms with E-state index in [1.54, 1.807) is 0 Å². The summed E-state index contributed by atoms with van der Waals surface area (Å²) in [6, 6.07) is 21.6. The fraction of sp³-hybridized carbons (Fsp3) is 0.238. The Balaban J connectivity index is 0. The Morgan fingerprint density at radius 1 is 0.769 bits per heavy atom. The summed E-state index contributed by atoms with van der Waals surface area (Å²) in [5.74, 6) is 0.326. The Labute approximate surface area is 192 Å². The zero-order valence-corrected chi connectivity index (χ0v) is 20.1. The fourth-order valence-electron chi connectivity index (χ4n) is 3.06. The van der Waals surface area contributed by atoms with Crippen LogP contribution in [0.25, 0.3) is 0 Å². The van der Waals surface area contributed by atoms with E-state index in [4.69, 9.17) is 0 Å². The third-order valence-corrected chi connectivity index (χ3v) is 6.19. The van der Waals surface area contributed by atoms with E-state index < -0.39 is 8.07 Å². The first-order chi connectivity index (χ1) is 10.6. The van der Waals surface area contributed by atoms with Crippen LogP contribution in [0, 0.1) is 6.08 Å². The molecule has 0 saturated carbocycles. The molecule has 2 aromatic rings. The van der Waals surface area contributed by atoms with Gasteiger partial charge in [-0.1, -0.05) is 86.7 Å². The second-order valence-electron chi connectivity index (χ2n) is 6.98. The molecule has 0 saturated heterocycles. The Morgan fingerprint density at radius 2 is 1.19 bits per heavy atom. The van der Waals surface area contributed by atoms with Crippen molar-refractivity contribution in [3.05, 3.63) is 94.7 Å². The average molecular weight is 458 g/mol. The minimum Gasteiger partial charge on any atom is -1.00 e. The van der Waals surface area contributed by atoms with Gasteiger partial charge in [0.1, 0.15) is 0 Å². The van der Waals surface area contributed by atoms with Crippen LogP contribution >= 0.6 is 0 Å². The molecule has 0 fully saturated rings. The van der Waals surface area contributed by atoms with Gasteiger partial charge in [-0.05, 0) is 11.1 Å². The Bertz CT molecular complexity index is 668. The molecule has 0 unspecified atom stereocenters. The van der Waals surface area contributed by atoms with Gasteiger partial charge in [0.05, 0.1) is 0 Å². The quantitative estimate of drug-likeness (QED) is 0.335. The van der Waals surface area contributed by atoms with Crippen LogP contribution in [0.15, 0.2) is 77.5 Å². The van der Waals surface area contributed by atoms with Gasteiger partial charge < -0.3 is 37.2 Å². The first-order valence-electron chi connectivity index (χ1n) is 7.99. The van der Waals surface area contributed by atoms with Crippen LogP contribution in [0.1, 0.15) is 23.5 Å². The van der Waals surface area contributed by atoms with Gasteiger partial charge in [0, 0.05) is 14.0 Å². The maximum absolute atomic E-state index is 3.77. The minimum absolute atomic E-state index is 0. The molecule has 0 nitrogen and oxygen atoms in total. The summed E-state index contributed by atoms with van der Waals surface area (Å²) >= 11 is 0. The van der Waals surface area contributed by atoms with Gasteiger partial charge >= 0.3 is 21.7 Å². The van der Waals surface area contributed by atoms with E-state index in [1.807, 2.05) is 0 Å². The molecule has 0 radical (unpaired) electrons. The summed E-state index contributed by atoms with van der Waals surface area (Å²) in [6.45, 7) is 7.19. The van der Waals surface area contributed by atoms with Crippen molar-refractivity contribution >= 4 is 8.07 Å². The van der Waals surface area contributed by atoms with Gasteiger partial charge in [0.2, 0.25) is 0 Å². The molecular weight excluding hydrogens is 435 g/mol. The minimum atomic E-state index is -1.28. The number of rotatable bonds is 4. The summed E-state index contributed by atoms with van der Waals surface area (Å²) in [6.07, 6.45) is 7.21. The first-order valence-corrected chi connectivity index (χ1v) is 11.5. The number of benzene rings is 2. The molecule has 1 aliphatic carbocycles. The largest absolute Gasteiger partial charge is 4.00 e. The number of hydrogen-bond donors (Lipinski definition) is 0. The maximum Gasteiger partial charge on any atom is 4.00 e. The number of hydrogen-bond acceptors (Lipinski definition) is 0. The monoisotopic (exact) mass is 456 g/mol. The van der Waals surface area contributed by atoms with Gasteiger partial charge in [-0.15, -0.1) is 0 Å². The second kappa shape index (κ2) is 12.2. The summed E-state index contributed by atoms with van der Waals surface area (Å²) in [5, 5.41) is 1.47. The van der Waals surface area contributed by atoms with Crippen LogP contribution in [0.3, 0.4) is 0 Å². The van der Waals surface area contributed by atoms with Gasteiger partial charge in [-0.3, -0.25) is 6.08 Å². The fourth-order valence-corrected chi connectivity index (χ4v) is 4.31. The molecule has 0 atom stereocenters. The molecule has 0 aromatic heterocycles. The number of allylic oxidation sites excluding steroid dienone is 4. The van der Waals surface area contributed by atoms with E-state index in [-0.39, 0.29) is 58.9 Å². The standard InChI is InChI=1S/C21H23Si.3ClH.Ti/c1-22(2,3)20-15-14-19(16-20)21(17-10-6-4-7-11-17)18-12-8-5-9-13-18;;;;/h4-13,15,21H,14H2,1-3H3;3*1H;/q-1;;;;+4/p-3. The summed E-state index contributed by atoms with van der Waals surface area (Å²) in [7, 11) is -1.28. The van der Waals surface area contributed by atoms with E-state index in [0.717, 1.165) is 6.42 Å². The van der Waals surface area contributed by atoms with Crippen molar-refractivity contribution in [3.63, 3.8) is 0 Å². The van der Waals surface area contributed by atoms with Crippen molar-refractivity contribution in [1.82, 2.24) is 0 Å². The predicted molar refractivity (Wildman–Crippen MR) is 97.5 cm³/mol. The molecule has 0 spiro atoms. The van der Waals surface area contributed by atoms with Crippen molar-refractivity contribution in [2.75, 3.05) is 0 Å². The zero-order valence-electron chi connectivity index (χ0n) is 15.3. The summed E-state index contributed by atoms with van der Waals surface area (Å²) in [5.41, 5.74) is 4.14. The van der Waals surface area contributed by atoms with Crippen LogP contribution in [0.5, 0.6) is 0 Å². The second-order valence-corrected chi connectivity index (χ2v) is 12.0. The molecular formula is C21H23Cl3SiTi. The number of halogens is 3. The van der Waals surface area contributed by atoms with Crippen LogP contribution < -0.4 is 37.2 Å². The van der Waals surface area contributed by atoms with Crippen molar-refractivity contribution in [3.8, 4) is 0 Å². The summed E-state index contributed by atoms with van der Waals surface area (Å²) in [4.78, 5) is 0. The molecule has 0 amide bonds. The SMILES string of the molecule is C[Si](C)(C)C1=CCC(C(c2ccccc2)c2ccccc2)=[C-]1.[Cl-].[Cl-].[Cl-].[Ti+4]. The first kappa shape index (κ1) is 27.9. The van der Waals surface area contributed by atoms with E-state index in [9.17, 15) is 0 Å². The van der Waals surface area contributed by atoms with E-state index >= 15 is 0 Å². The molecule has 2 aromatic carbocycles. The van der Waals surface area contributed by atoms with Crippen LogP contribution in [0.2, 0.25) is 19.6 Å². The Hall–Kier alpha value is -0.279. The van der Waals surface area contributed by atoms with Gasteiger partial charge in [-0.25, -0.2) is 11.3 Å². The average Bonchev–Trinajstić information content (AvgIpc) is 2.99. The zero-order chi connectivity index (χ0) is 15.6. The molecule has 136 valence electrons. The van der Waals surface area contributed by atoms with Gasteiger partial charge in [0.25, 0.3) is 0 Å². The Morgan fingerprint density at radius 3 is 1.54 bits per heavy atom. The topological polar surface area (TPSA) is 0 Å². The normalized spacial score (nSPS) is 12.6. The van der Waals surface area contributed by atoms with Crippen molar-refractivity contribution < 1.29 is 58.9 Å². The molecule has 0 heterocycles. The maximum atomic E-state index is 3.77. The third kappa shape index (κ3) is 6.71. The van der Waals surface area contributed by atoms with Crippen LogP contribution in [-0.4, -0.2) is 8.07 Å². The molecule has 0 bridgehead atoms. The summed E-state index contributed by atoms with van der Waals surface area (Å²) < 4.78 is 0. The van der Waals surface area contributed by atoms with Crippen LogP contribution in [0.4, 0.5) is 0 Å². The smallest absolute Gasteiger partial charge is 1.00 e. The predicted octanol–water partition coefficient (Wildman–Crippen LogP) is -3.23. The van der Waals surface area contributed by atoms with E-state index in [1.165, 1.54) is 21.9 Å². The molecule has 5 heteroatoms. The molecule has 26 heavy (non-hydrogen) atoms. The van der Waals surface area contributed by atoms with E-state index in [2.05, 4.69) is 92.5 Å². The Kier molecular flexibility index (Phi) is 13.1. The molecule has 0 N–H and O–H groups in total. The molecule has 0 aliphatic heterocycles. The van der Waals surface area contributed by atoms with Gasteiger partial charge in [0.15, 0.2) is 0 Å². The van der Waals surface area contributed by atoms with Gasteiger partial charge in [-0.2, -0.15) is 5.57 Å². The third-order valence-electron chi connectivity index (χ3n) is 4.24. The van der Waals surface area contributed by atoms with E-state index in [0.29, 0.717) is 5.92 Å². The van der Waals surface area contributed by atoms with Crippen molar-refractivity contribution in [2.45, 2.75) is 32.0 Å². The molecule has 1 aliphatic rings. The molecule has 3 rings (SSSR count). The van der Waals surface area contributed by atoms with Crippen LogP contribution in [-0.2, 0) is 21.7 Å². The van der Waals surface area contributed by atoms with Crippen molar-refractivity contribution in [2.24, 2.45) is 0 Å².